The lowest BCUT2D eigenvalue weighted by molar-refractivity contribution is 0.0694. The molecule has 0 saturated heterocycles. The number of carboxylic acids is 1. The van der Waals surface area contributed by atoms with E-state index in [0.29, 0.717) is 5.56 Å². The zero-order valence-corrected chi connectivity index (χ0v) is 6.84. The highest BCUT2D eigenvalue weighted by molar-refractivity contribution is 5.89. The molecule has 0 saturated carbocycles. The Kier molecular flexibility index (Phi) is 1.99. The number of aryl methyl sites for hydroxylation is 1. The van der Waals surface area contributed by atoms with Gasteiger partial charge in [-0.25, -0.2) is 4.79 Å². The van der Waals surface area contributed by atoms with Gasteiger partial charge in [-0.05, 0) is 25.0 Å². The van der Waals surface area contributed by atoms with Crippen LogP contribution in [0.3, 0.4) is 0 Å². The molecule has 1 rings (SSSR count). The fourth-order valence-corrected chi connectivity index (χ4v) is 0.979. The Bertz CT molecular complexity index is 378. The zero-order chi connectivity index (χ0) is 9.30. The predicted molar refractivity (Wildman–Crippen MR) is 43.5 cm³/mol. The lowest BCUT2D eigenvalue weighted by Gasteiger charge is -2.01. The number of H-pyrrole nitrogens is 1. The van der Waals surface area contributed by atoms with E-state index < -0.39 is 11.5 Å². The summed E-state index contributed by atoms with van der Waals surface area (Å²) < 4.78 is 0. The number of carboxylic acid groups (broad SMARTS) is 1. The van der Waals surface area contributed by atoms with Crippen LogP contribution in [-0.4, -0.2) is 16.1 Å². The lowest BCUT2D eigenvalue weighted by Crippen LogP contribution is -2.19. The molecule has 0 fully saturated rings. The molecule has 1 aromatic rings. The monoisotopic (exact) mass is 167 g/mol. The second-order valence-corrected chi connectivity index (χ2v) is 2.61. The van der Waals surface area contributed by atoms with Crippen molar-refractivity contribution < 1.29 is 9.90 Å². The van der Waals surface area contributed by atoms with E-state index in [1.807, 2.05) is 0 Å². The highest BCUT2D eigenvalue weighted by Crippen LogP contribution is 2.06. The number of pyridine rings is 1. The smallest absolute Gasteiger partial charge is 0.341 e. The molecule has 0 spiro atoms. The lowest BCUT2D eigenvalue weighted by atomic mass is 10.1. The highest BCUT2D eigenvalue weighted by atomic mass is 16.4. The van der Waals surface area contributed by atoms with E-state index in [0.717, 1.165) is 5.56 Å². The topological polar surface area (TPSA) is 70.2 Å². The van der Waals surface area contributed by atoms with Gasteiger partial charge in [0.25, 0.3) is 5.56 Å². The van der Waals surface area contributed by atoms with E-state index in [4.69, 9.17) is 5.11 Å². The maximum Gasteiger partial charge on any atom is 0.341 e. The van der Waals surface area contributed by atoms with Gasteiger partial charge in [0.15, 0.2) is 0 Å². The van der Waals surface area contributed by atoms with Crippen LogP contribution in [0.15, 0.2) is 11.0 Å². The second kappa shape index (κ2) is 2.81. The fraction of sp³-hybridized carbons (Fsp3) is 0.250. The molecular formula is C8H9NO3. The van der Waals surface area contributed by atoms with Crippen molar-refractivity contribution >= 4 is 5.97 Å². The summed E-state index contributed by atoms with van der Waals surface area (Å²) in [6, 6.07) is 0. The molecule has 0 amide bonds. The van der Waals surface area contributed by atoms with Crippen LogP contribution in [0.4, 0.5) is 0 Å². The quantitative estimate of drug-likeness (QED) is 0.646. The summed E-state index contributed by atoms with van der Waals surface area (Å²) in [5, 5.41) is 8.65. The minimum absolute atomic E-state index is 0.171. The minimum Gasteiger partial charge on any atom is -0.477 e. The molecule has 1 heterocycles. The van der Waals surface area contributed by atoms with Gasteiger partial charge in [-0.15, -0.1) is 0 Å². The molecule has 2 N–H and O–H groups in total. The van der Waals surface area contributed by atoms with Crippen LogP contribution in [0.2, 0.25) is 0 Å². The molecule has 64 valence electrons. The van der Waals surface area contributed by atoms with Crippen molar-refractivity contribution in [2.75, 3.05) is 0 Å². The van der Waals surface area contributed by atoms with E-state index in [1.54, 1.807) is 13.8 Å². The Hall–Kier alpha value is -1.58. The van der Waals surface area contributed by atoms with Crippen molar-refractivity contribution in [2.24, 2.45) is 0 Å². The first kappa shape index (κ1) is 8.52. The van der Waals surface area contributed by atoms with E-state index in [9.17, 15) is 9.59 Å². The Balaban J connectivity index is 3.54. The number of aromatic nitrogens is 1. The van der Waals surface area contributed by atoms with Crippen molar-refractivity contribution in [3.63, 3.8) is 0 Å². The van der Waals surface area contributed by atoms with Gasteiger partial charge in [0.05, 0.1) is 0 Å². The number of aromatic carboxylic acids is 1. The molecule has 0 aliphatic heterocycles. The van der Waals surface area contributed by atoms with Crippen LogP contribution in [-0.2, 0) is 0 Å². The molecule has 4 nitrogen and oxygen atoms in total. The first-order valence-electron chi connectivity index (χ1n) is 3.46. The molecule has 0 aromatic carbocycles. The van der Waals surface area contributed by atoms with Gasteiger partial charge in [0, 0.05) is 6.20 Å². The van der Waals surface area contributed by atoms with Gasteiger partial charge in [-0.2, -0.15) is 0 Å². The molecule has 0 radical (unpaired) electrons. The Morgan fingerprint density at radius 2 is 2.08 bits per heavy atom. The van der Waals surface area contributed by atoms with Crippen molar-refractivity contribution in [2.45, 2.75) is 13.8 Å². The number of hydrogen-bond donors (Lipinski definition) is 2. The first-order valence-corrected chi connectivity index (χ1v) is 3.46. The third kappa shape index (κ3) is 1.23. The van der Waals surface area contributed by atoms with Gasteiger partial charge in [0.1, 0.15) is 5.56 Å². The normalized spacial score (nSPS) is 9.83. The summed E-state index contributed by atoms with van der Waals surface area (Å²) in [5.41, 5.74) is 0.568. The molecule has 0 aliphatic rings. The van der Waals surface area contributed by atoms with E-state index in [-0.39, 0.29) is 5.56 Å². The number of rotatable bonds is 1. The average Bonchev–Trinajstić information content (AvgIpc) is 1.97. The van der Waals surface area contributed by atoms with Gasteiger partial charge in [-0.1, -0.05) is 0 Å². The molecule has 12 heavy (non-hydrogen) atoms. The van der Waals surface area contributed by atoms with Crippen molar-refractivity contribution in [1.82, 2.24) is 4.98 Å². The fourth-order valence-electron chi connectivity index (χ4n) is 0.979. The van der Waals surface area contributed by atoms with E-state index in [1.165, 1.54) is 6.20 Å². The number of carbonyl (C=O) groups is 1. The summed E-state index contributed by atoms with van der Waals surface area (Å²) in [4.78, 5) is 23.9. The molecule has 1 aromatic heterocycles. The van der Waals surface area contributed by atoms with Crippen LogP contribution in [0.25, 0.3) is 0 Å². The third-order valence-electron chi connectivity index (χ3n) is 1.83. The second-order valence-electron chi connectivity index (χ2n) is 2.61. The Morgan fingerprint density at radius 3 is 2.50 bits per heavy atom. The Morgan fingerprint density at radius 1 is 1.50 bits per heavy atom. The summed E-state index contributed by atoms with van der Waals surface area (Å²) in [6.45, 7) is 3.37. The largest absolute Gasteiger partial charge is 0.477 e. The SMILES string of the molecule is Cc1c[nH]c(=O)c(C(=O)O)c1C. The van der Waals surface area contributed by atoms with Gasteiger partial charge < -0.3 is 10.1 Å². The summed E-state index contributed by atoms with van der Waals surface area (Å²) in [6.07, 6.45) is 1.50. The van der Waals surface area contributed by atoms with E-state index >= 15 is 0 Å². The van der Waals surface area contributed by atoms with Crippen molar-refractivity contribution in [3.05, 3.63) is 33.2 Å². The minimum atomic E-state index is -1.18. The summed E-state index contributed by atoms with van der Waals surface area (Å²) in [5.74, 6) is -1.18. The highest BCUT2D eigenvalue weighted by Gasteiger charge is 2.12. The standard InChI is InChI=1S/C8H9NO3/c1-4-3-9-7(10)6(5(4)2)8(11)12/h3H,1-2H3,(H,9,10)(H,11,12). The number of aromatic amines is 1. The van der Waals surface area contributed by atoms with Crippen molar-refractivity contribution in [3.8, 4) is 0 Å². The van der Waals surface area contributed by atoms with Crippen LogP contribution in [0, 0.1) is 13.8 Å². The van der Waals surface area contributed by atoms with Crippen molar-refractivity contribution in [1.29, 1.82) is 0 Å². The first-order chi connectivity index (χ1) is 5.54. The van der Waals surface area contributed by atoms with E-state index in [2.05, 4.69) is 4.98 Å². The molecule has 0 unspecified atom stereocenters. The average molecular weight is 167 g/mol. The van der Waals surface area contributed by atoms with Crippen LogP contribution in [0.5, 0.6) is 0 Å². The number of hydrogen-bond acceptors (Lipinski definition) is 2. The molecule has 0 aliphatic carbocycles. The summed E-state index contributed by atoms with van der Waals surface area (Å²) in [7, 11) is 0. The maximum atomic E-state index is 11.0. The predicted octanol–water partition coefficient (Wildman–Crippen LogP) is 0.690. The van der Waals surface area contributed by atoms with Crippen LogP contribution < -0.4 is 5.56 Å². The molecular weight excluding hydrogens is 158 g/mol. The van der Waals surface area contributed by atoms with Gasteiger partial charge in [0.2, 0.25) is 0 Å². The maximum absolute atomic E-state index is 11.0. The molecule has 0 atom stereocenters. The Labute approximate surface area is 68.9 Å². The zero-order valence-electron chi connectivity index (χ0n) is 6.84. The van der Waals surface area contributed by atoms with Gasteiger partial charge >= 0.3 is 5.97 Å². The van der Waals surface area contributed by atoms with Crippen LogP contribution >= 0.6 is 0 Å². The number of nitrogens with one attached hydrogen (secondary N) is 1. The molecule has 0 bridgehead atoms. The molecule has 4 heteroatoms. The van der Waals surface area contributed by atoms with Crippen LogP contribution in [0.1, 0.15) is 21.5 Å². The third-order valence-corrected chi connectivity index (χ3v) is 1.83. The summed E-state index contributed by atoms with van der Waals surface area (Å²) >= 11 is 0. The van der Waals surface area contributed by atoms with Gasteiger partial charge in [-0.3, -0.25) is 4.79 Å².